The maximum Gasteiger partial charge on any atom is 0.135 e. The van der Waals surface area contributed by atoms with Gasteiger partial charge in [0.15, 0.2) is 0 Å². The molecule has 3 heterocycles. The molecule has 0 N–H and O–H groups in total. The van der Waals surface area contributed by atoms with E-state index in [0.717, 1.165) is 44.3 Å². The van der Waals surface area contributed by atoms with Crippen LogP contribution in [0.5, 0.6) is 0 Å². The molecule has 0 unspecified atom stereocenters. The van der Waals surface area contributed by atoms with Crippen molar-refractivity contribution in [3.05, 3.63) is 138 Å². The van der Waals surface area contributed by atoms with Gasteiger partial charge in [-0.3, -0.25) is 0 Å². The van der Waals surface area contributed by atoms with Crippen molar-refractivity contribution in [3.63, 3.8) is 0 Å². The van der Waals surface area contributed by atoms with E-state index in [0.29, 0.717) is 17.5 Å². The van der Waals surface area contributed by atoms with Crippen molar-refractivity contribution in [2.24, 2.45) is 0 Å². The fourth-order valence-electron chi connectivity index (χ4n) is 6.76. The minimum absolute atomic E-state index is 0.565. The molecular formula is C39H21N3OS. The highest BCUT2D eigenvalue weighted by Crippen LogP contribution is 2.43. The maximum atomic E-state index is 10.3. The highest BCUT2D eigenvalue weighted by Gasteiger charge is 2.21. The van der Waals surface area contributed by atoms with Crippen LogP contribution in [0.25, 0.3) is 69.6 Å². The summed E-state index contributed by atoms with van der Waals surface area (Å²) in [6.45, 7) is 0. The van der Waals surface area contributed by atoms with Gasteiger partial charge in [-0.1, -0.05) is 60.7 Å². The minimum Gasteiger partial charge on any atom is -0.456 e. The smallest absolute Gasteiger partial charge is 0.135 e. The van der Waals surface area contributed by atoms with Gasteiger partial charge in [0.1, 0.15) is 11.2 Å². The lowest BCUT2D eigenvalue weighted by molar-refractivity contribution is 0.669. The Morgan fingerprint density at radius 3 is 2.27 bits per heavy atom. The van der Waals surface area contributed by atoms with E-state index in [1.807, 2.05) is 41.7 Å². The Hall–Kier alpha value is -5.88. The van der Waals surface area contributed by atoms with E-state index in [-0.39, 0.29) is 0 Å². The van der Waals surface area contributed by atoms with Gasteiger partial charge >= 0.3 is 0 Å². The van der Waals surface area contributed by atoms with E-state index in [4.69, 9.17) is 4.42 Å². The van der Waals surface area contributed by atoms with Crippen LogP contribution in [0.2, 0.25) is 0 Å². The van der Waals surface area contributed by atoms with E-state index in [2.05, 4.69) is 95.6 Å². The van der Waals surface area contributed by atoms with Gasteiger partial charge < -0.3 is 8.98 Å². The first-order valence-corrected chi connectivity index (χ1v) is 15.2. The number of hydrogen-bond donors (Lipinski definition) is 0. The van der Waals surface area contributed by atoms with E-state index in [1.54, 1.807) is 6.07 Å². The van der Waals surface area contributed by atoms with Crippen molar-refractivity contribution in [2.45, 2.75) is 6.42 Å². The lowest BCUT2D eigenvalue weighted by atomic mass is 9.96. The number of fused-ring (bicyclic) bond motifs is 10. The molecule has 0 saturated carbocycles. The molecule has 4 nitrogen and oxygen atoms in total. The second kappa shape index (κ2) is 9.31. The molecule has 0 bridgehead atoms. The summed E-state index contributed by atoms with van der Waals surface area (Å²) in [4.78, 5) is 0. The Kier molecular flexibility index (Phi) is 5.23. The Morgan fingerprint density at radius 1 is 0.636 bits per heavy atom. The first-order valence-electron chi connectivity index (χ1n) is 14.4. The molecule has 204 valence electrons. The standard InChI is InChI=1S/C39H21N3OS/c40-21-24-13-17-36-32(20-24)31-19-23(12-16-35(31)43-36)18-30-25(22-41)6-5-10-34(30)42-33-9-3-1-7-26(33)28-14-15-29-27-8-2-4-11-37(27)44-39(29)38(28)42/h1-17,19-20H,18H2. The van der Waals surface area contributed by atoms with Crippen LogP contribution >= 0.6 is 11.3 Å². The van der Waals surface area contributed by atoms with Crippen molar-refractivity contribution >= 4 is 75.3 Å². The second-order valence-corrected chi connectivity index (χ2v) is 12.2. The lowest BCUT2D eigenvalue weighted by Crippen LogP contribution is -2.03. The third-order valence-electron chi connectivity index (χ3n) is 8.74. The topological polar surface area (TPSA) is 65.7 Å². The maximum absolute atomic E-state index is 10.3. The van der Waals surface area contributed by atoms with Crippen LogP contribution in [0.4, 0.5) is 0 Å². The summed E-state index contributed by atoms with van der Waals surface area (Å²) in [7, 11) is 0. The first-order chi connectivity index (χ1) is 21.7. The molecule has 3 aromatic heterocycles. The highest BCUT2D eigenvalue weighted by molar-refractivity contribution is 7.26. The third kappa shape index (κ3) is 3.48. The first kappa shape index (κ1) is 24.7. The monoisotopic (exact) mass is 579 g/mol. The molecule has 0 amide bonds. The van der Waals surface area contributed by atoms with Crippen LogP contribution in [0, 0.1) is 22.7 Å². The van der Waals surface area contributed by atoms with Crippen LogP contribution in [0.1, 0.15) is 22.3 Å². The highest BCUT2D eigenvalue weighted by atomic mass is 32.1. The zero-order chi connectivity index (χ0) is 29.4. The fraction of sp³-hybridized carbons (Fsp3) is 0.0256. The lowest BCUT2D eigenvalue weighted by Gasteiger charge is -2.16. The number of furan rings is 1. The Morgan fingerprint density at radius 2 is 1.41 bits per heavy atom. The predicted octanol–water partition coefficient (Wildman–Crippen LogP) is 10.4. The summed E-state index contributed by atoms with van der Waals surface area (Å²) in [6.07, 6.45) is 0.565. The Balaban J connectivity index is 1.32. The molecule has 0 saturated heterocycles. The largest absolute Gasteiger partial charge is 0.456 e. The second-order valence-electron chi connectivity index (χ2n) is 11.1. The van der Waals surface area contributed by atoms with E-state index in [9.17, 15) is 10.5 Å². The van der Waals surface area contributed by atoms with Gasteiger partial charge in [-0.15, -0.1) is 11.3 Å². The molecular weight excluding hydrogens is 559 g/mol. The van der Waals surface area contributed by atoms with E-state index in [1.165, 1.54) is 36.5 Å². The molecule has 5 heteroatoms. The van der Waals surface area contributed by atoms with Crippen LogP contribution in [0.3, 0.4) is 0 Å². The number of thiophene rings is 1. The van der Waals surface area contributed by atoms with Crippen molar-refractivity contribution < 1.29 is 4.42 Å². The van der Waals surface area contributed by atoms with Crippen molar-refractivity contribution in [1.29, 1.82) is 10.5 Å². The normalized spacial score (nSPS) is 11.7. The van der Waals surface area contributed by atoms with Gasteiger partial charge in [0.05, 0.1) is 44.7 Å². The molecule has 9 aromatic rings. The zero-order valence-corrected chi connectivity index (χ0v) is 24.2. The fourth-order valence-corrected chi connectivity index (χ4v) is 8.00. The summed E-state index contributed by atoms with van der Waals surface area (Å²) in [5.74, 6) is 0. The van der Waals surface area contributed by atoms with Gasteiger partial charge in [0, 0.05) is 43.4 Å². The number of nitriles is 2. The SMILES string of the molecule is N#Cc1ccc2oc3ccc(Cc4c(C#N)cccc4-n4c5ccccc5c5ccc6c7ccccc7sc6c54)cc3c2c1. The molecule has 0 aliphatic heterocycles. The minimum atomic E-state index is 0.565. The molecule has 0 aliphatic carbocycles. The van der Waals surface area contributed by atoms with Gasteiger partial charge in [0.25, 0.3) is 0 Å². The van der Waals surface area contributed by atoms with Crippen molar-refractivity contribution in [2.75, 3.05) is 0 Å². The van der Waals surface area contributed by atoms with Gasteiger partial charge in [-0.2, -0.15) is 10.5 Å². The van der Waals surface area contributed by atoms with Crippen LogP contribution in [-0.4, -0.2) is 4.57 Å². The van der Waals surface area contributed by atoms with Crippen molar-refractivity contribution in [1.82, 2.24) is 4.57 Å². The summed E-state index contributed by atoms with van der Waals surface area (Å²) in [6, 6.07) is 44.1. The summed E-state index contributed by atoms with van der Waals surface area (Å²) in [5.41, 5.74) is 8.12. The van der Waals surface area contributed by atoms with Gasteiger partial charge in [0.2, 0.25) is 0 Å². The van der Waals surface area contributed by atoms with Crippen LogP contribution in [0.15, 0.2) is 120 Å². The Labute approximate surface area is 255 Å². The zero-order valence-electron chi connectivity index (χ0n) is 23.3. The number of para-hydroxylation sites is 1. The van der Waals surface area contributed by atoms with E-state index >= 15 is 0 Å². The molecule has 0 atom stereocenters. The number of aromatic nitrogens is 1. The number of benzene rings is 6. The average Bonchev–Trinajstić information content (AvgIpc) is 3.74. The van der Waals surface area contributed by atoms with Gasteiger partial charge in [-0.05, 0) is 65.7 Å². The molecule has 0 fully saturated rings. The molecule has 6 aromatic carbocycles. The summed E-state index contributed by atoms with van der Waals surface area (Å²) < 4.78 is 11.0. The molecule has 44 heavy (non-hydrogen) atoms. The Bertz CT molecular complexity index is 2730. The molecule has 0 radical (unpaired) electrons. The molecule has 0 aliphatic rings. The average molecular weight is 580 g/mol. The molecule has 0 spiro atoms. The number of nitrogens with zero attached hydrogens (tertiary/aromatic N) is 3. The number of hydrogen-bond acceptors (Lipinski definition) is 4. The third-order valence-corrected chi connectivity index (χ3v) is 9.93. The summed E-state index contributed by atoms with van der Waals surface area (Å²) in [5, 5.41) is 26.6. The summed E-state index contributed by atoms with van der Waals surface area (Å²) >= 11 is 1.82. The van der Waals surface area contributed by atoms with Gasteiger partial charge in [-0.25, -0.2) is 0 Å². The van der Waals surface area contributed by atoms with Crippen molar-refractivity contribution in [3.8, 4) is 17.8 Å². The number of rotatable bonds is 3. The quantitative estimate of drug-likeness (QED) is 0.209. The van der Waals surface area contributed by atoms with Crippen LogP contribution in [-0.2, 0) is 6.42 Å². The predicted molar refractivity (Wildman–Crippen MR) is 180 cm³/mol. The van der Waals surface area contributed by atoms with Crippen LogP contribution < -0.4 is 0 Å². The molecule has 9 rings (SSSR count). The van der Waals surface area contributed by atoms with E-state index < -0.39 is 0 Å².